The predicted octanol–water partition coefficient (Wildman–Crippen LogP) is 8.86. The summed E-state index contributed by atoms with van der Waals surface area (Å²) in [5.74, 6) is 1.13. The van der Waals surface area contributed by atoms with Gasteiger partial charge < -0.3 is 9.47 Å². The molecule has 0 saturated heterocycles. The highest BCUT2D eigenvalue weighted by molar-refractivity contribution is 9.10. The smallest absolute Gasteiger partial charge is 0.414 e. The molecule has 0 N–H and O–H groups in total. The van der Waals surface area contributed by atoms with Gasteiger partial charge in [0, 0.05) is 19.3 Å². The zero-order valence-electron chi connectivity index (χ0n) is 29.0. The van der Waals surface area contributed by atoms with Crippen LogP contribution in [0.15, 0.2) is 47.2 Å². The second-order valence-corrected chi connectivity index (χ2v) is 15.4. The fourth-order valence-corrected chi connectivity index (χ4v) is 5.86. The Labute approximate surface area is 286 Å². The van der Waals surface area contributed by atoms with Crippen LogP contribution >= 0.6 is 15.9 Å². The monoisotopic (exact) mass is 708 g/mol. The number of aryl methyl sites for hydroxylation is 2. The van der Waals surface area contributed by atoms with Crippen molar-refractivity contribution in [2.75, 3.05) is 22.9 Å². The first-order valence-corrected chi connectivity index (χ1v) is 17.6. The summed E-state index contributed by atoms with van der Waals surface area (Å²) in [5.41, 5.74) is 4.47. The maximum Gasteiger partial charge on any atom is 0.414 e. The van der Waals surface area contributed by atoms with Gasteiger partial charge in [-0.25, -0.2) is 18.6 Å². The van der Waals surface area contributed by atoms with Crippen LogP contribution < -0.4 is 9.80 Å². The molecule has 0 atom stereocenters. The predicted molar refractivity (Wildman–Crippen MR) is 189 cm³/mol. The fraction of sp³-hybridized carbons (Fsp3) is 0.556. The topological polar surface area (TPSA) is 93.7 Å². The number of carbonyl (C=O) groups is 2. The lowest BCUT2D eigenvalue weighted by molar-refractivity contribution is 0.0568. The third-order valence-corrected chi connectivity index (χ3v) is 8.55. The van der Waals surface area contributed by atoms with E-state index in [4.69, 9.17) is 9.47 Å². The zero-order chi connectivity index (χ0) is 34.1. The highest BCUT2D eigenvalue weighted by atomic mass is 79.9. The van der Waals surface area contributed by atoms with Crippen LogP contribution in [0.2, 0.25) is 0 Å². The van der Waals surface area contributed by atoms with Crippen molar-refractivity contribution < 1.29 is 19.1 Å². The highest BCUT2D eigenvalue weighted by Crippen LogP contribution is 2.37. The molecule has 2 aliphatic rings. The normalized spacial score (nSPS) is 14.9. The van der Waals surface area contributed by atoms with Crippen molar-refractivity contribution in [2.45, 2.75) is 105 Å². The summed E-state index contributed by atoms with van der Waals surface area (Å²) < 4.78 is 15.9. The number of anilines is 2. The van der Waals surface area contributed by atoms with Crippen molar-refractivity contribution in [1.82, 2.24) is 19.2 Å². The molecule has 4 heterocycles. The minimum Gasteiger partial charge on any atom is -0.443 e. The zero-order valence-corrected chi connectivity index (χ0v) is 30.6. The number of hydrogen-bond donors (Lipinski definition) is 0. The molecule has 6 rings (SSSR count). The van der Waals surface area contributed by atoms with Gasteiger partial charge in [-0.3, -0.25) is 9.80 Å². The van der Waals surface area contributed by atoms with Gasteiger partial charge in [-0.05, 0) is 132 Å². The second-order valence-electron chi connectivity index (χ2n) is 14.5. The number of halogens is 1. The lowest BCUT2D eigenvalue weighted by Gasteiger charge is -2.27. The standard InChI is InChI=1S/C18H24BrN3O2.C18H25N3O2/c1-5-13-16(14-7-6-8-15(19)22(14)20-13)21(11-12-9-10-12)17(23)24-18(2,3)4;1-5-14-16(15-8-6-7-11-21(15)19-14)20(12-13-9-10-13)17(22)23-18(2,3)4/h6-8,12H,5,9-11H2,1-4H3;6-8,11,13H,5,9-10,12H2,1-4H3. The number of carbonyl (C=O) groups excluding carboxylic acids is 2. The SMILES string of the molecule is CCc1nn2c(Br)cccc2c1N(CC1CC1)C(=O)OC(C)(C)C.CCc1nn2ccccc2c1N(CC1CC1)C(=O)OC(C)(C)C. The number of rotatable bonds is 8. The molecule has 0 spiro atoms. The number of amides is 2. The van der Waals surface area contributed by atoms with Gasteiger partial charge >= 0.3 is 12.2 Å². The van der Waals surface area contributed by atoms with Crippen molar-refractivity contribution in [3.8, 4) is 0 Å². The van der Waals surface area contributed by atoms with E-state index in [1.807, 2.05) is 93.2 Å². The molecule has 2 fully saturated rings. The van der Waals surface area contributed by atoms with Crippen LogP contribution in [-0.4, -0.2) is 55.7 Å². The van der Waals surface area contributed by atoms with E-state index in [2.05, 4.69) is 40.0 Å². The van der Waals surface area contributed by atoms with Gasteiger partial charge in [-0.1, -0.05) is 26.0 Å². The molecule has 2 aliphatic carbocycles. The summed E-state index contributed by atoms with van der Waals surface area (Å²) in [5, 5.41) is 9.30. The first kappa shape index (κ1) is 34.7. The molecule has 2 amide bonds. The Bertz CT molecular complexity index is 1720. The maximum absolute atomic E-state index is 12.9. The van der Waals surface area contributed by atoms with Gasteiger partial charge in [0.1, 0.15) is 15.8 Å². The van der Waals surface area contributed by atoms with Gasteiger partial charge in [-0.15, -0.1) is 0 Å². The van der Waals surface area contributed by atoms with Crippen molar-refractivity contribution in [3.63, 3.8) is 0 Å². The van der Waals surface area contributed by atoms with Gasteiger partial charge in [0.2, 0.25) is 0 Å². The first-order chi connectivity index (χ1) is 22.2. The molecule has 11 heteroatoms. The molecular weight excluding hydrogens is 660 g/mol. The average Bonchev–Trinajstić information content (AvgIpc) is 3.92. The quantitative estimate of drug-likeness (QED) is 0.170. The lowest BCUT2D eigenvalue weighted by Crippen LogP contribution is -2.38. The minimum absolute atomic E-state index is 0.280. The molecule has 254 valence electrons. The highest BCUT2D eigenvalue weighted by Gasteiger charge is 2.35. The Morgan fingerprint density at radius 1 is 0.766 bits per heavy atom. The summed E-state index contributed by atoms with van der Waals surface area (Å²) in [7, 11) is 0. The third-order valence-electron chi connectivity index (χ3n) is 7.95. The van der Waals surface area contributed by atoms with Crippen molar-refractivity contribution in [3.05, 3.63) is 58.6 Å². The molecule has 0 bridgehead atoms. The summed E-state index contributed by atoms with van der Waals surface area (Å²) in [4.78, 5) is 29.3. The summed E-state index contributed by atoms with van der Waals surface area (Å²) in [6, 6.07) is 11.8. The molecule has 0 radical (unpaired) electrons. The van der Waals surface area contributed by atoms with Crippen LogP contribution in [0, 0.1) is 11.8 Å². The van der Waals surface area contributed by atoms with E-state index in [9.17, 15) is 9.59 Å². The molecule has 4 aromatic heterocycles. The van der Waals surface area contributed by atoms with E-state index in [0.717, 1.165) is 51.2 Å². The average molecular weight is 710 g/mol. The van der Waals surface area contributed by atoms with Crippen molar-refractivity contribution >= 4 is 50.5 Å². The Hall–Kier alpha value is -3.60. The van der Waals surface area contributed by atoms with Crippen molar-refractivity contribution in [2.24, 2.45) is 11.8 Å². The number of fused-ring (bicyclic) bond motifs is 2. The van der Waals surface area contributed by atoms with Crippen LogP contribution in [0.25, 0.3) is 11.0 Å². The van der Waals surface area contributed by atoms with Gasteiger partial charge in [0.25, 0.3) is 0 Å². The molecular formula is C36H49BrN6O4. The number of hydrogen-bond acceptors (Lipinski definition) is 6. The molecule has 2 saturated carbocycles. The van der Waals surface area contributed by atoms with Gasteiger partial charge in [0.05, 0.1) is 33.8 Å². The third kappa shape index (κ3) is 8.66. The van der Waals surface area contributed by atoms with E-state index < -0.39 is 11.2 Å². The van der Waals surface area contributed by atoms with Gasteiger partial charge in [0.15, 0.2) is 0 Å². The molecule has 47 heavy (non-hydrogen) atoms. The molecule has 0 aromatic carbocycles. The van der Waals surface area contributed by atoms with Gasteiger partial charge in [-0.2, -0.15) is 10.2 Å². The fourth-order valence-electron chi connectivity index (χ4n) is 5.44. The summed E-state index contributed by atoms with van der Waals surface area (Å²) in [6.45, 7) is 16.9. The Morgan fingerprint density at radius 3 is 1.74 bits per heavy atom. The van der Waals surface area contributed by atoms with Crippen LogP contribution in [0.3, 0.4) is 0 Å². The van der Waals surface area contributed by atoms with E-state index in [0.29, 0.717) is 24.9 Å². The van der Waals surface area contributed by atoms with Crippen LogP contribution in [0.4, 0.5) is 21.0 Å². The van der Waals surface area contributed by atoms with Crippen LogP contribution in [0.1, 0.15) is 92.5 Å². The van der Waals surface area contributed by atoms with E-state index >= 15 is 0 Å². The first-order valence-electron chi connectivity index (χ1n) is 16.8. The van der Waals surface area contributed by atoms with Crippen LogP contribution in [0.5, 0.6) is 0 Å². The Morgan fingerprint density at radius 2 is 1.26 bits per heavy atom. The maximum atomic E-state index is 12.9. The number of ether oxygens (including phenoxy) is 2. The number of aromatic nitrogens is 4. The van der Waals surface area contributed by atoms with E-state index in [1.54, 1.807) is 9.80 Å². The molecule has 0 aliphatic heterocycles. The molecule has 10 nitrogen and oxygen atoms in total. The van der Waals surface area contributed by atoms with Crippen LogP contribution in [-0.2, 0) is 22.3 Å². The van der Waals surface area contributed by atoms with Crippen molar-refractivity contribution in [1.29, 1.82) is 0 Å². The molecule has 4 aromatic rings. The Balaban J connectivity index is 0.000000185. The van der Waals surface area contributed by atoms with E-state index in [1.165, 1.54) is 25.7 Å². The number of pyridine rings is 2. The molecule has 0 unspecified atom stereocenters. The minimum atomic E-state index is -0.519. The lowest BCUT2D eigenvalue weighted by atomic mass is 10.2. The second kappa shape index (κ2) is 13.9. The summed E-state index contributed by atoms with van der Waals surface area (Å²) in [6.07, 6.45) is 7.58. The number of nitrogens with zero attached hydrogens (tertiary/aromatic N) is 6. The summed E-state index contributed by atoms with van der Waals surface area (Å²) >= 11 is 3.54. The van der Waals surface area contributed by atoms with E-state index in [-0.39, 0.29) is 12.2 Å². The Kier molecular flexibility index (Phi) is 10.2. The largest absolute Gasteiger partial charge is 0.443 e.